The Morgan fingerprint density at radius 3 is 2.39 bits per heavy atom. The zero-order chi connectivity index (χ0) is 13.5. The summed E-state index contributed by atoms with van der Waals surface area (Å²) in [4.78, 5) is 0. The van der Waals surface area contributed by atoms with E-state index in [-0.39, 0.29) is 13.2 Å². The van der Waals surface area contributed by atoms with Crippen LogP contribution in [0.25, 0.3) is 0 Å². The Morgan fingerprint density at radius 2 is 1.67 bits per heavy atom. The van der Waals surface area contributed by atoms with E-state index in [1.807, 2.05) is 0 Å². The van der Waals surface area contributed by atoms with Crippen LogP contribution in [0.4, 0.5) is 0 Å². The lowest BCUT2D eigenvalue weighted by atomic mass is 10.1. The maximum absolute atomic E-state index is 9.03. The molecule has 0 aliphatic heterocycles. The Bertz CT molecular complexity index is 181. The van der Waals surface area contributed by atoms with Gasteiger partial charge in [0.2, 0.25) is 0 Å². The maximum Gasteiger partial charge on any atom is 0.100 e. The van der Waals surface area contributed by atoms with Crippen LogP contribution >= 0.6 is 0 Å². The molecule has 18 heavy (non-hydrogen) atoms. The predicted molar refractivity (Wildman–Crippen MR) is 75.7 cm³/mol. The number of hydrogen-bond acceptors (Lipinski definition) is 3. The summed E-state index contributed by atoms with van der Waals surface area (Å²) < 4.78 is 5.20. The predicted octanol–water partition coefficient (Wildman–Crippen LogP) is 3.05. The lowest BCUT2D eigenvalue weighted by Crippen LogP contribution is -2.19. The molecule has 0 bridgehead atoms. The Morgan fingerprint density at radius 1 is 1.00 bits per heavy atom. The molecule has 108 valence electrons. The molecular weight excluding hydrogens is 228 g/mol. The van der Waals surface area contributed by atoms with Crippen molar-refractivity contribution in [3.8, 4) is 0 Å². The molecule has 0 saturated heterocycles. The van der Waals surface area contributed by atoms with Crippen LogP contribution in [0, 0.1) is 0 Å². The van der Waals surface area contributed by atoms with Gasteiger partial charge < -0.3 is 14.9 Å². The number of hydrogen-bond donors (Lipinski definition) is 2. The summed E-state index contributed by atoms with van der Waals surface area (Å²) in [6, 6.07) is 0. The lowest BCUT2D eigenvalue weighted by molar-refractivity contribution is 0.00767. The van der Waals surface area contributed by atoms with Crippen LogP contribution in [-0.2, 0) is 4.74 Å². The van der Waals surface area contributed by atoms with Gasteiger partial charge in [0.25, 0.3) is 0 Å². The van der Waals surface area contributed by atoms with Crippen molar-refractivity contribution in [3.63, 3.8) is 0 Å². The fourth-order valence-corrected chi connectivity index (χ4v) is 1.70. The zero-order valence-corrected chi connectivity index (χ0v) is 11.8. The molecule has 0 amide bonds. The highest BCUT2D eigenvalue weighted by atomic mass is 16.5. The van der Waals surface area contributed by atoms with Gasteiger partial charge in [0.05, 0.1) is 19.8 Å². The molecule has 1 unspecified atom stereocenters. The summed E-state index contributed by atoms with van der Waals surface area (Å²) in [5.74, 6) is 0. The van der Waals surface area contributed by atoms with Gasteiger partial charge in [0.1, 0.15) is 6.10 Å². The lowest BCUT2D eigenvalue weighted by Gasteiger charge is -2.06. The van der Waals surface area contributed by atoms with Gasteiger partial charge in [0, 0.05) is 0 Å². The fraction of sp³-hybridized carbons (Fsp3) is 0.867. The number of unbranched alkanes of at least 4 members (excludes halogenated alkanes) is 6. The van der Waals surface area contributed by atoms with Gasteiger partial charge >= 0.3 is 0 Å². The van der Waals surface area contributed by atoms with E-state index in [2.05, 4.69) is 19.1 Å². The number of aliphatic hydroxyl groups excluding tert-OH is 2. The van der Waals surface area contributed by atoms with Crippen molar-refractivity contribution < 1.29 is 14.9 Å². The van der Waals surface area contributed by atoms with E-state index < -0.39 is 6.10 Å². The molecule has 0 aromatic heterocycles. The monoisotopic (exact) mass is 258 g/mol. The smallest absolute Gasteiger partial charge is 0.100 e. The average molecular weight is 258 g/mol. The molecule has 2 N–H and O–H groups in total. The van der Waals surface area contributed by atoms with Gasteiger partial charge in [0.15, 0.2) is 0 Å². The van der Waals surface area contributed by atoms with Crippen molar-refractivity contribution in [1.29, 1.82) is 0 Å². The van der Waals surface area contributed by atoms with Gasteiger partial charge in [-0.2, -0.15) is 0 Å². The molecule has 0 spiro atoms. The minimum Gasteiger partial charge on any atom is -0.394 e. The summed E-state index contributed by atoms with van der Waals surface area (Å²) in [5, 5.41) is 17.6. The molecular formula is C15H30O3. The number of aliphatic hydroxyl groups is 2. The molecule has 3 heteroatoms. The summed E-state index contributed by atoms with van der Waals surface area (Å²) >= 11 is 0. The van der Waals surface area contributed by atoms with Crippen molar-refractivity contribution in [2.75, 3.05) is 19.8 Å². The standard InChI is InChI=1S/C15H30O3/c1-2-3-4-5-6-7-8-9-10-11-12-18-14-15(17)13-16/h9-10,15-17H,2-8,11-14H2,1H3. The van der Waals surface area contributed by atoms with Crippen LogP contribution in [0.1, 0.15) is 58.3 Å². The molecule has 0 fully saturated rings. The molecule has 0 heterocycles. The second-order valence-corrected chi connectivity index (χ2v) is 4.73. The van der Waals surface area contributed by atoms with Crippen molar-refractivity contribution in [1.82, 2.24) is 0 Å². The third-order valence-electron chi connectivity index (χ3n) is 2.84. The largest absolute Gasteiger partial charge is 0.394 e. The maximum atomic E-state index is 9.03. The Kier molecular flexibility index (Phi) is 14.4. The first-order valence-corrected chi connectivity index (χ1v) is 7.33. The van der Waals surface area contributed by atoms with Crippen LogP contribution < -0.4 is 0 Å². The van der Waals surface area contributed by atoms with E-state index in [1.54, 1.807) is 0 Å². The van der Waals surface area contributed by atoms with Crippen molar-refractivity contribution in [3.05, 3.63) is 12.2 Å². The van der Waals surface area contributed by atoms with Crippen LogP contribution in [0.15, 0.2) is 12.2 Å². The third-order valence-corrected chi connectivity index (χ3v) is 2.84. The van der Waals surface area contributed by atoms with Crippen molar-refractivity contribution in [2.24, 2.45) is 0 Å². The van der Waals surface area contributed by atoms with Crippen LogP contribution in [0.3, 0.4) is 0 Å². The first-order valence-electron chi connectivity index (χ1n) is 7.33. The first-order chi connectivity index (χ1) is 8.81. The summed E-state index contributed by atoms with van der Waals surface area (Å²) in [6.45, 7) is 2.85. The highest BCUT2D eigenvalue weighted by Gasteiger charge is 1.99. The SMILES string of the molecule is CCCCCCCCC=CCCOCC(O)CO. The Hall–Kier alpha value is -0.380. The highest BCUT2D eigenvalue weighted by molar-refractivity contribution is 4.81. The summed E-state index contributed by atoms with van der Waals surface area (Å²) in [7, 11) is 0. The second kappa shape index (κ2) is 14.7. The minimum atomic E-state index is -0.739. The molecule has 0 rings (SSSR count). The number of ether oxygens (including phenoxy) is 1. The van der Waals surface area contributed by atoms with Crippen LogP contribution in [-0.4, -0.2) is 36.1 Å². The van der Waals surface area contributed by atoms with Crippen LogP contribution in [0.2, 0.25) is 0 Å². The normalized spacial score (nSPS) is 13.3. The van der Waals surface area contributed by atoms with Gasteiger partial charge in [-0.3, -0.25) is 0 Å². The van der Waals surface area contributed by atoms with Crippen molar-refractivity contribution in [2.45, 2.75) is 64.4 Å². The molecule has 1 atom stereocenters. The van der Waals surface area contributed by atoms with E-state index in [0.717, 1.165) is 12.8 Å². The van der Waals surface area contributed by atoms with Gasteiger partial charge in [-0.25, -0.2) is 0 Å². The Balaban J connectivity index is 3.09. The molecule has 0 radical (unpaired) electrons. The molecule has 0 aromatic rings. The van der Waals surface area contributed by atoms with Crippen LogP contribution in [0.5, 0.6) is 0 Å². The minimum absolute atomic E-state index is 0.224. The van der Waals surface area contributed by atoms with E-state index >= 15 is 0 Å². The summed E-state index contributed by atoms with van der Waals surface area (Å²) in [5.41, 5.74) is 0. The van der Waals surface area contributed by atoms with Gasteiger partial charge in [-0.1, -0.05) is 51.2 Å². The molecule has 0 aromatic carbocycles. The first kappa shape index (κ1) is 17.6. The van der Waals surface area contributed by atoms with E-state index in [1.165, 1.54) is 38.5 Å². The Labute approximate surface area is 112 Å². The fourth-order valence-electron chi connectivity index (χ4n) is 1.70. The second-order valence-electron chi connectivity index (χ2n) is 4.73. The van der Waals surface area contributed by atoms with Gasteiger partial charge in [-0.05, 0) is 19.3 Å². The summed E-state index contributed by atoms with van der Waals surface area (Å²) in [6.07, 6.45) is 13.7. The number of rotatable bonds is 13. The zero-order valence-electron chi connectivity index (χ0n) is 11.8. The topological polar surface area (TPSA) is 49.7 Å². The number of allylic oxidation sites excluding steroid dienone is 1. The van der Waals surface area contributed by atoms with E-state index in [0.29, 0.717) is 6.61 Å². The molecule has 0 saturated carbocycles. The highest BCUT2D eigenvalue weighted by Crippen LogP contribution is 2.07. The average Bonchev–Trinajstić information content (AvgIpc) is 2.39. The van der Waals surface area contributed by atoms with E-state index in [9.17, 15) is 0 Å². The van der Waals surface area contributed by atoms with Gasteiger partial charge in [-0.15, -0.1) is 0 Å². The third kappa shape index (κ3) is 13.7. The molecule has 0 aliphatic carbocycles. The molecule has 0 aliphatic rings. The van der Waals surface area contributed by atoms with E-state index in [4.69, 9.17) is 14.9 Å². The van der Waals surface area contributed by atoms with Crippen molar-refractivity contribution >= 4 is 0 Å². The molecule has 3 nitrogen and oxygen atoms in total. The quantitative estimate of drug-likeness (QED) is 0.394.